The summed E-state index contributed by atoms with van der Waals surface area (Å²) in [5.41, 5.74) is 6.35. The number of nitrogens with two attached hydrogens (primary N) is 1. The Kier molecular flexibility index (Phi) is 4.70. The zero-order valence-corrected chi connectivity index (χ0v) is 11.8. The van der Waals surface area contributed by atoms with Crippen LogP contribution in [0.2, 0.25) is 0 Å². The Morgan fingerprint density at radius 3 is 2.48 bits per heavy atom. The highest BCUT2D eigenvalue weighted by Crippen LogP contribution is 2.25. The summed E-state index contributed by atoms with van der Waals surface area (Å²) in [6, 6.07) is 6.47. The van der Waals surface area contributed by atoms with Crippen LogP contribution in [0, 0.1) is 18.6 Å². The molecule has 112 valence electrons. The lowest BCUT2D eigenvalue weighted by Crippen LogP contribution is -2.22. The molecule has 0 aliphatic carbocycles. The topological polar surface area (TPSA) is 57.4 Å². The molecule has 1 heterocycles. The molecule has 1 aromatic heterocycles. The molecule has 1 aromatic carbocycles. The summed E-state index contributed by atoms with van der Waals surface area (Å²) >= 11 is 0. The second kappa shape index (κ2) is 6.49. The van der Waals surface area contributed by atoms with Crippen molar-refractivity contribution in [2.45, 2.75) is 13.0 Å². The number of rotatable bonds is 5. The summed E-state index contributed by atoms with van der Waals surface area (Å²) in [5, 5.41) is 0. The fraction of sp³-hybridized carbons (Fsp3) is 0.267. The molecule has 0 aliphatic rings. The van der Waals surface area contributed by atoms with Crippen LogP contribution in [-0.4, -0.2) is 18.7 Å². The van der Waals surface area contributed by atoms with E-state index in [4.69, 9.17) is 15.2 Å². The lowest BCUT2D eigenvalue weighted by molar-refractivity contribution is 0.273. The van der Waals surface area contributed by atoms with Crippen molar-refractivity contribution < 1.29 is 18.3 Å². The summed E-state index contributed by atoms with van der Waals surface area (Å²) in [6.45, 7) is 1.73. The quantitative estimate of drug-likeness (QED) is 0.921. The van der Waals surface area contributed by atoms with Gasteiger partial charge in [-0.15, -0.1) is 0 Å². The van der Waals surface area contributed by atoms with Gasteiger partial charge in [-0.05, 0) is 13.0 Å². The summed E-state index contributed by atoms with van der Waals surface area (Å²) in [4.78, 5) is 4.13. The van der Waals surface area contributed by atoms with E-state index in [-0.39, 0.29) is 17.9 Å². The minimum absolute atomic E-state index is 0.0867. The first kappa shape index (κ1) is 15.2. The van der Waals surface area contributed by atoms with Crippen LogP contribution >= 0.6 is 0 Å². The summed E-state index contributed by atoms with van der Waals surface area (Å²) in [6.07, 6.45) is 0. The van der Waals surface area contributed by atoms with Gasteiger partial charge >= 0.3 is 0 Å². The second-order valence-electron chi connectivity index (χ2n) is 4.54. The van der Waals surface area contributed by atoms with Crippen molar-refractivity contribution in [1.29, 1.82) is 0 Å². The third-order valence-corrected chi connectivity index (χ3v) is 2.93. The molecule has 0 saturated carbocycles. The largest absolute Gasteiger partial charge is 0.497 e. The second-order valence-corrected chi connectivity index (χ2v) is 4.54. The SMILES string of the molecule is COc1cc(F)c(C(N)COc2cccc(C)n2)c(F)c1. The molecule has 0 bridgehead atoms. The van der Waals surface area contributed by atoms with Crippen molar-refractivity contribution >= 4 is 0 Å². The highest BCUT2D eigenvalue weighted by Gasteiger charge is 2.19. The van der Waals surface area contributed by atoms with Gasteiger partial charge in [0.15, 0.2) is 0 Å². The number of hydrogen-bond donors (Lipinski definition) is 1. The Labute approximate surface area is 121 Å². The van der Waals surface area contributed by atoms with Crippen LogP contribution in [0.25, 0.3) is 0 Å². The van der Waals surface area contributed by atoms with Crippen LogP contribution in [0.3, 0.4) is 0 Å². The lowest BCUT2D eigenvalue weighted by Gasteiger charge is -2.15. The van der Waals surface area contributed by atoms with Crippen LogP contribution < -0.4 is 15.2 Å². The molecule has 21 heavy (non-hydrogen) atoms. The Hall–Kier alpha value is -2.21. The molecule has 1 unspecified atom stereocenters. The Bertz CT molecular complexity index is 612. The van der Waals surface area contributed by atoms with Crippen LogP contribution in [0.1, 0.15) is 17.3 Å². The van der Waals surface area contributed by atoms with E-state index < -0.39 is 17.7 Å². The molecule has 0 radical (unpaired) electrons. The molecule has 2 aromatic rings. The normalized spacial score (nSPS) is 12.0. The highest BCUT2D eigenvalue weighted by atomic mass is 19.1. The molecular formula is C15H16F2N2O2. The molecule has 0 spiro atoms. The summed E-state index contributed by atoms with van der Waals surface area (Å²) < 4.78 is 37.9. The van der Waals surface area contributed by atoms with Gasteiger partial charge in [0.1, 0.15) is 24.0 Å². The van der Waals surface area contributed by atoms with E-state index in [1.165, 1.54) is 7.11 Å². The van der Waals surface area contributed by atoms with Crippen LogP contribution in [-0.2, 0) is 0 Å². The number of nitrogens with zero attached hydrogens (tertiary/aromatic N) is 1. The van der Waals surface area contributed by atoms with Gasteiger partial charge in [-0.2, -0.15) is 0 Å². The van der Waals surface area contributed by atoms with Gasteiger partial charge in [0, 0.05) is 29.5 Å². The third kappa shape index (κ3) is 3.66. The predicted octanol–water partition coefficient (Wildman–Crippen LogP) is 2.76. The number of methoxy groups -OCH3 is 1. The van der Waals surface area contributed by atoms with Crippen LogP contribution in [0.5, 0.6) is 11.6 Å². The first-order chi connectivity index (χ1) is 10.0. The monoisotopic (exact) mass is 294 g/mol. The van der Waals surface area contributed by atoms with Gasteiger partial charge in [-0.1, -0.05) is 6.07 Å². The van der Waals surface area contributed by atoms with E-state index in [0.29, 0.717) is 5.88 Å². The number of benzene rings is 1. The number of aromatic nitrogens is 1. The minimum Gasteiger partial charge on any atom is -0.497 e. The highest BCUT2D eigenvalue weighted by molar-refractivity contribution is 5.32. The Balaban J connectivity index is 2.12. The van der Waals surface area contributed by atoms with E-state index in [9.17, 15) is 8.78 Å². The van der Waals surface area contributed by atoms with Crippen molar-refractivity contribution in [1.82, 2.24) is 4.98 Å². The zero-order chi connectivity index (χ0) is 15.4. The van der Waals surface area contributed by atoms with E-state index >= 15 is 0 Å². The maximum atomic E-state index is 13.9. The molecule has 1 atom stereocenters. The smallest absolute Gasteiger partial charge is 0.213 e. The average Bonchev–Trinajstić information content (AvgIpc) is 2.44. The number of aryl methyl sites for hydroxylation is 1. The average molecular weight is 294 g/mol. The number of halogens is 2. The van der Waals surface area contributed by atoms with Gasteiger partial charge < -0.3 is 15.2 Å². The maximum absolute atomic E-state index is 13.9. The van der Waals surface area contributed by atoms with Crippen molar-refractivity contribution in [2.24, 2.45) is 5.73 Å². The standard InChI is InChI=1S/C15H16F2N2O2/c1-9-4-3-5-14(19-9)21-8-13(18)15-11(16)6-10(20-2)7-12(15)17/h3-7,13H,8,18H2,1-2H3. The zero-order valence-electron chi connectivity index (χ0n) is 11.8. The summed E-state index contributed by atoms with van der Waals surface area (Å²) in [7, 11) is 1.33. The molecule has 4 nitrogen and oxygen atoms in total. The molecule has 0 fully saturated rings. The van der Waals surface area contributed by atoms with Gasteiger partial charge in [-0.25, -0.2) is 13.8 Å². The molecular weight excluding hydrogens is 278 g/mol. The number of pyridine rings is 1. The Morgan fingerprint density at radius 2 is 1.90 bits per heavy atom. The first-order valence-electron chi connectivity index (χ1n) is 6.36. The van der Waals surface area contributed by atoms with Crippen LogP contribution in [0.15, 0.2) is 30.3 Å². The first-order valence-corrected chi connectivity index (χ1v) is 6.36. The van der Waals surface area contributed by atoms with Crippen molar-refractivity contribution in [3.63, 3.8) is 0 Å². The fourth-order valence-corrected chi connectivity index (χ4v) is 1.89. The van der Waals surface area contributed by atoms with E-state index in [2.05, 4.69) is 4.98 Å². The summed E-state index contributed by atoms with van der Waals surface area (Å²) in [5.74, 6) is -1.07. The minimum atomic E-state index is -0.946. The lowest BCUT2D eigenvalue weighted by atomic mass is 10.1. The number of ether oxygens (including phenoxy) is 2. The third-order valence-electron chi connectivity index (χ3n) is 2.93. The molecule has 0 amide bonds. The molecule has 6 heteroatoms. The van der Waals surface area contributed by atoms with Crippen molar-refractivity contribution in [3.8, 4) is 11.6 Å². The van der Waals surface area contributed by atoms with E-state index in [0.717, 1.165) is 17.8 Å². The Morgan fingerprint density at radius 1 is 1.24 bits per heavy atom. The maximum Gasteiger partial charge on any atom is 0.213 e. The van der Waals surface area contributed by atoms with Crippen LogP contribution in [0.4, 0.5) is 8.78 Å². The molecule has 0 aliphatic heterocycles. The molecule has 0 saturated heterocycles. The van der Waals surface area contributed by atoms with Gasteiger partial charge in [0.05, 0.1) is 13.2 Å². The van der Waals surface area contributed by atoms with E-state index in [1.54, 1.807) is 12.1 Å². The molecule has 2 N–H and O–H groups in total. The fourth-order valence-electron chi connectivity index (χ4n) is 1.89. The van der Waals surface area contributed by atoms with Gasteiger partial charge in [0.2, 0.25) is 5.88 Å². The van der Waals surface area contributed by atoms with Gasteiger partial charge in [0.25, 0.3) is 0 Å². The number of hydrogen-bond acceptors (Lipinski definition) is 4. The predicted molar refractivity (Wildman–Crippen MR) is 74.3 cm³/mol. The van der Waals surface area contributed by atoms with Crippen molar-refractivity contribution in [2.75, 3.05) is 13.7 Å². The van der Waals surface area contributed by atoms with Crippen molar-refractivity contribution in [3.05, 3.63) is 53.2 Å². The molecule has 2 rings (SSSR count). The van der Waals surface area contributed by atoms with Gasteiger partial charge in [-0.3, -0.25) is 0 Å². The van der Waals surface area contributed by atoms with E-state index in [1.807, 2.05) is 13.0 Å².